The van der Waals surface area contributed by atoms with E-state index in [1.807, 2.05) is 30.3 Å². The van der Waals surface area contributed by atoms with Crippen molar-refractivity contribution in [2.45, 2.75) is 32.6 Å². The number of benzene rings is 1. The lowest BCUT2D eigenvalue weighted by molar-refractivity contribution is 0.518. The molecule has 0 atom stereocenters. The zero-order valence-corrected chi connectivity index (χ0v) is 8.62. The molecule has 0 bridgehead atoms. The molecule has 2 heteroatoms. The Morgan fingerprint density at radius 1 is 1.21 bits per heavy atom. The molecule has 0 aliphatic rings. The van der Waals surface area contributed by atoms with E-state index in [1.54, 1.807) is 0 Å². The average Bonchev–Trinajstić information content (AvgIpc) is 2.20. The normalized spacial score (nSPS) is 9.79. The van der Waals surface area contributed by atoms with Crippen LogP contribution < -0.4 is 4.74 Å². The first kappa shape index (κ1) is 10.8. The summed E-state index contributed by atoms with van der Waals surface area (Å²) < 4.78 is 5.34. The molecule has 0 aliphatic heterocycles. The van der Waals surface area contributed by atoms with Crippen LogP contribution in [-0.2, 0) is 0 Å². The standard InChI is InChI=1S/C12H17NO/c1-2-3-5-10-12(13)14-11-8-6-4-7-9-11/h4,6-9,13H,2-3,5,10H2,1H3. The fourth-order valence-electron chi connectivity index (χ4n) is 1.22. The molecule has 0 aromatic heterocycles. The summed E-state index contributed by atoms with van der Waals surface area (Å²) in [5.74, 6) is 1.12. The summed E-state index contributed by atoms with van der Waals surface area (Å²) in [4.78, 5) is 0. The van der Waals surface area contributed by atoms with Crippen LogP contribution in [0.25, 0.3) is 0 Å². The van der Waals surface area contributed by atoms with Crippen LogP contribution in [0.4, 0.5) is 0 Å². The number of hydrogen-bond acceptors (Lipinski definition) is 2. The molecule has 0 spiro atoms. The van der Waals surface area contributed by atoms with Gasteiger partial charge in [0, 0.05) is 6.42 Å². The predicted molar refractivity (Wildman–Crippen MR) is 58.9 cm³/mol. The average molecular weight is 191 g/mol. The lowest BCUT2D eigenvalue weighted by atomic mass is 10.2. The van der Waals surface area contributed by atoms with E-state index < -0.39 is 0 Å². The van der Waals surface area contributed by atoms with Crippen LogP contribution in [0.3, 0.4) is 0 Å². The number of para-hydroxylation sites is 1. The van der Waals surface area contributed by atoms with Gasteiger partial charge in [-0.1, -0.05) is 38.0 Å². The molecule has 0 aliphatic carbocycles. The van der Waals surface area contributed by atoms with E-state index in [4.69, 9.17) is 10.1 Å². The van der Waals surface area contributed by atoms with Crippen molar-refractivity contribution < 1.29 is 4.74 Å². The van der Waals surface area contributed by atoms with Crippen molar-refractivity contribution in [1.29, 1.82) is 5.41 Å². The van der Waals surface area contributed by atoms with Gasteiger partial charge in [0.05, 0.1) is 0 Å². The fraction of sp³-hybridized carbons (Fsp3) is 0.417. The molecular formula is C12H17NO. The maximum Gasteiger partial charge on any atom is 0.187 e. The van der Waals surface area contributed by atoms with Crippen molar-refractivity contribution in [3.63, 3.8) is 0 Å². The molecule has 0 amide bonds. The zero-order valence-electron chi connectivity index (χ0n) is 8.62. The van der Waals surface area contributed by atoms with Gasteiger partial charge < -0.3 is 4.74 Å². The summed E-state index contributed by atoms with van der Waals surface area (Å²) in [5, 5.41) is 7.58. The monoisotopic (exact) mass is 191 g/mol. The van der Waals surface area contributed by atoms with Crippen molar-refractivity contribution in [3.8, 4) is 5.75 Å². The first-order valence-electron chi connectivity index (χ1n) is 5.13. The molecule has 0 saturated heterocycles. The topological polar surface area (TPSA) is 33.1 Å². The molecule has 0 unspecified atom stereocenters. The summed E-state index contributed by atoms with van der Waals surface area (Å²) in [6, 6.07) is 9.50. The summed E-state index contributed by atoms with van der Waals surface area (Å²) in [6.07, 6.45) is 4.13. The van der Waals surface area contributed by atoms with Crippen molar-refractivity contribution in [2.75, 3.05) is 0 Å². The van der Waals surface area contributed by atoms with Gasteiger partial charge in [0.1, 0.15) is 5.75 Å². The van der Waals surface area contributed by atoms with Crippen LogP contribution in [0, 0.1) is 5.41 Å². The molecule has 1 aromatic carbocycles. The van der Waals surface area contributed by atoms with Crippen LogP contribution in [0.15, 0.2) is 30.3 Å². The Labute approximate surface area is 85.4 Å². The third-order valence-electron chi connectivity index (χ3n) is 1.99. The number of nitrogens with one attached hydrogen (secondary N) is 1. The third-order valence-corrected chi connectivity index (χ3v) is 1.99. The molecule has 0 heterocycles. The van der Waals surface area contributed by atoms with Crippen LogP contribution in [0.5, 0.6) is 5.75 Å². The van der Waals surface area contributed by atoms with E-state index in [1.165, 1.54) is 12.8 Å². The Hall–Kier alpha value is -1.31. The van der Waals surface area contributed by atoms with Gasteiger partial charge in [-0.05, 0) is 18.6 Å². The first-order chi connectivity index (χ1) is 6.83. The van der Waals surface area contributed by atoms with Crippen molar-refractivity contribution >= 4 is 5.90 Å². The summed E-state index contributed by atoms with van der Waals surface area (Å²) >= 11 is 0. The van der Waals surface area contributed by atoms with E-state index >= 15 is 0 Å². The highest BCUT2D eigenvalue weighted by Gasteiger charge is 1.98. The zero-order chi connectivity index (χ0) is 10.2. The second kappa shape index (κ2) is 6.19. The molecule has 14 heavy (non-hydrogen) atoms. The van der Waals surface area contributed by atoms with E-state index in [9.17, 15) is 0 Å². The number of rotatable bonds is 5. The summed E-state index contributed by atoms with van der Waals surface area (Å²) in [5.41, 5.74) is 0. The van der Waals surface area contributed by atoms with Gasteiger partial charge in [0.15, 0.2) is 5.90 Å². The van der Waals surface area contributed by atoms with Gasteiger partial charge in [-0.15, -0.1) is 0 Å². The van der Waals surface area contributed by atoms with Crippen molar-refractivity contribution in [2.24, 2.45) is 0 Å². The minimum atomic E-state index is 0.365. The quantitative estimate of drug-likeness (QED) is 0.430. The highest BCUT2D eigenvalue weighted by atomic mass is 16.5. The first-order valence-corrected chi connectivity index (χ1v) is 5.13. The van der Waals surface area contributed by atoms with Gasteiger partial charge in [0.2, 0.25) is 0 Å². The summed E-state index contributed by atoms with van der Waals surface area (Å²) in [7, 11) is 0. The van der Waals surface area contributed by atoms with Crippen LogP contribution in [0.2, 0.25) is 0 Å². The largest absolute Gasteiger partial charge is 0.444 e. The minimum Gasteiger partial charge on any atom is -0.444 e. The highest BCUT2D eigenvalue weighted by Crippen LogP contribution is 2.10. The summed E-state index contributed by atoms with van der Waals surface area (Å²) in [6.45, 7) is 2.15. The van der Waals surface area contributed by atoms with Crippen LogP contribution >= 0.6 is 0 Å². The van der Waals surface area contributed by atoms with Gasteiger partial charge in [-0.2, -0.15) is 0 Å². The second-order valence-corrected chi connectivity index (χ2v) is 3.30. The van der Waals surface area contributed by atoms with Crippen molar-refractivity contribution in [1.82, 2.24) is 0 Å². The maximum atomic E-state index is 7.58. The Morgan fingerprint density at radius 2 is 1.93 bits per heavy atom. The fourth-order valence-corrected chi connectivity index (χ4v) is 1.22. The highest BCUT2D eigenvalue weighted by molar-refractivity contribution is 5.75. The smallest absolute Gasteiger partial charge is 0.187 e. The van der Waals surface area contributed by atoms with Gasteiger partial charge in [-0.25, -0.2) is 0 Å². The van der Waals surface area contributed by atoms with Gasteiger partial charge in [0.25, 0.3) is 0 Å². The lowest BCUT2D eigenvalue weighted by Gasteiger charge is -2.05. The van der Waals surface area contributed by atoms with Gasteiger partial charge in [-0.3, -0.25) is 5.41 Å². The van der Waals surface area contributed by atoms with Crippen LogP contribution in [-0.4, -0.2) is 5.90 Å². The minimum absolute atomic E-state index is 0.365. The Morgan fingerprint density at radius 3 is 2.57 bits per heavy atom. The maximum absolute atomic E-state index is 7.58. The number of unbranched alkanes of at least 4 members (excludes halogenated alkanes) is 2. The molecule has 76 valence electrons. The molecule has 0 saturated carbocycles. The van der Waals surface area contributed by atoms with E-state index in [0.29, 0.717) is 5.90 Å². The Kier molecular flexibility index (Phi) is 4.76. The number of ether oxygens (including phenoxy) is 1. The SMILES string of the molecule is CCCCCC(=N)Oc1ccccc1. The Balaban J connectivity index is 2.27. The van der Waals surface area contributed by atoms with Gasteiger partial charge >= 0.3 is 0 Å². The van der Waals surface area contributed by atoms with Crippen molar-refractivity contribution in [3.05, 3.63) is 30.3 Å². The molecule has 0 fully saturated rings. The lowest BCUT2D eigenvalue weighted by Crippen LogP contribution is -2.06. The molecule has 1 aromatic rings. The second-order valence-electron chi connectivity index (χ2n) is 3.30. The third kappa shape index (κ3) is 4.08. The van der Waals surface area contributed by atoms with E-state index in [0.717, 1.165) is 18.6 Å². The Bertz CT molecular complexity index is 269. The molecular weight excluding hydrogens is 174 g/mol. The van der Waals surface area contributed by atoms with E-state index in [-0.39, 0.29) is 0 Å². The van der Waals surface area contributed by atoms with Crippen LogP contribution in [0.1, 0.15) is 32.6 Å². The predicted octanol–water partition coefficient (Wildman–Crippen LogP) is 3.62. The molecule has 1 rings (SSSR count). The molecule has 2 nitrogen and oxygen atoms in total. The molecule has 0 radical (unpaired) electrons. The molecule has 1 N–H and O–H groups in total. The number of hydrogen-bond donors (Lipinski definition) is 1. The van der Waals surface area contributed by atoms with E-state index in [2.05, 4.69) is 6.92 Å².